The Hall–Kier alpha value is -2.14. The molecule has 4 nitrogen and oxygen atoms in total. The molecule has 1 aliphatic heterocycles. The minimum Gasteiger partial charge on any atom is -0.344 e. The van der Waals surface area contributed by atoms with E-state index in [1.807, 2.05) is 26.0 Å². The molecule has 0 saturated carbocycles. The van der Waals surface area contributed by atoms with Crippen LogP contribution in [0.2, 0.25) is 0 Å². The van der Waals surface area contributed by atoms with Crippen LogP contribution in [0, 0.1) is 22.7 Å². The first-order valence-corrected chi connectivity index (χ1v) is 7.06. The molecule has 1 fully saturated rings. The molecule has 2 bridgehead atoms. The van der Waals surface area contributed by atoms with E-state index in [1.54, 1.807) is 0 Å². The summed E-state index contributed by atoms with van der Waals surface area (Å²) in [5, 5.41) is 18.4. The zero-order valence-electron chi connectivity index (χ0n) is 11.8. The van der Waals surface area contributed by atoms with Gasteiger partial charge < -0.3 is 9.47 Å². The largest absolute Gasteiger partial charge is 0.344 e. The molecule has 4 atom stereocenters. The van der Waals surface area contributed by atoms with Crippen molar-refractivity contribution in [3.05, 3.63) is 46.5 Å². The first-order valence-electron chi connectivity index (χ1n) is 7.06. The standard InChI is InChI=1S/C17H14N2O2/c1-17(2)20-15-11-3-4-12(16(15)21-17)14-6-10(8-19)9(7-18)5-13(11)14/h3-6,11-12,15-16H,1-2H3. The summed E-state index contributed by atoms with van der Waals surface area (Å²) in [6.07, 6.45) is 4.27. The Kier molecular flexibility index (Phi) is 2.37. The van der Waals surface area contributed by atoms with Crippen LogP contribution in [-0.4, -0.2) is 18.0 Å². The number of hydrogen-bond acceptors (Lipinski definition) is 4. The summed E-state index contributed by atoms with van der Waals surface area (Å²) in [6.45, 7) is 3.85. The van der Waals surface area contributed by atoms with Crippen LogP contribution in [0.25, 0.3) is 0 Å². The molecule has 0 N–H and O–H groups in total. The zero-order valence-corrected chi connectivity index (χ0v) is 11.8. The van der Waals surface area contributed by atoms with Crippen LogP contribution >= 0.6 is 0 Å². The van der Waals surface area contributed by atoms with Crippen molar-refractivity contribution < 1.29 is 9.47 Å². The minimum atomic E-state index is -0.587. The van der Waals surface area contributed by atoms with Crippen LogP contribution < -0.4 is 0 Å². The summed E-state index contributed by atoms with van der Waals surface area (Å²) in [5.74, 6) is -0.399. The molecule has 0 spiro atoms. The maximum absolute atomic E-state index is 9.22. The number of benzene rings is 1. The molecular weight excluding hydrogens is 264 g/mol. The number of nitrogens with zero attached hydrogens (tertiary/aromatic N) is 2. The van der Waals surface area contributed by atoms with Crippen molar-refractivity contribution in [3.63, 3.8) is 0 Å². The van der Waals surface area contributed by atoms with Gasteiger partial charge in [0.2, 0.25) is 0 Å². The van der Waals surface area contributed by atoms with Gasteiger partial charge in [0.05, 0.1) is 23.3 Å². The lowest BCUT2D eigenvalue weighted by Gasteiger charge is -2.40. The first kappa shape index (κ1) is 12.6. The van der Waals surface area contributed by atoms with Crippen molar-refractivity contribution in [2.75, 3.05) is 0 Å². The van der Waals surface area contributed by atoms with E-state index in [0.717, 1.165) is 11.1 Å². The third-order valence-electron chi connectivity index (χ3n) is 4.58. The van der Waals surface area contributed by atoms with Crippen LogP contribution in [0.5, 0.6) is 0 Å². The predicted octanol–water partition coefficient (Wildman–Crippen LogP) is 2.70. The third-order valence-corrected chi connectivity index (χ3v) is 4.58. The van der Waals surface area contributed by atoms with Crippen molar-refractivity contribution in [2.45, 2.75) is 43.7 Å². The Morgan fingerprint density at radius 1 is 0.905 bits per heavy atom. The third kappa shape index (κ3) is 1.61. The van der Waals surface area contributed by atoms with Gasteiger partial charge in [-0.3, -0.25) is 0 Å². The Morgan fingerprint density at radius 2 is 1.33 bits per heavy atom. The highest BCUT2D eigenvalue weighted by molar-refractivity contribution is 5.57. The highest BCUT2D eigenvalue weighted by Gasteiger charge is 2.53. The lowest BCUT2D eigenvalue weighted by atomic mass is 9.67. The van der Waals surface area contributed by atoms with Gasteiger partial charge in [0.1, 0.15) is 12.1 Å². The molecule has 21 heavy (non-hydrogen) atoms. The molecule has 1 aromatic rings. The van der Waals surface area contributed by atoms with Crippen LogP contribution in [0.15, 0.2) is 24.3 Å². The van der Waals surface area contributed by atoms with Gasteiger partial charge in [0.25, 0.3) is 0 Å². The highest BCUT2D eigenvalue weighted by atomic mass is 16.8. The fourth-order valence-electron chi connectivity index (χ4n) is 3.79. The SMILES string of the molecule is CC1(C)OC2C3C=CC(c4cc(C#N)c(C#N)cc43)C2O1. The van der Waals surface area contributed by atoms with E-state index >= 15 is 0 Å². The van der Waals surface area contributed by atoms with Gasteiger partial charge in [0.15, 0.2) is 5.79 Å². The second-order valence-electron chi connectivity index (χ2n) is 6.25. The Balaban J connectivity index is 1.89. The summed E-state index contributed by atoms with van der Waals surface area (Å²) in [6, 6.07) is 7.92. The van der Waals surface area contributed by atoms with E-state index in [9.17, 15) is 10.5 Å². The van der Waals surface area contributed by atoms with Gasteiger partial charge in [-0.1, -0.05) is 12.2 Å². The molecule has 4 unspecified atom stereocenters. The fourth-order valence-corrected chi connectivity index (χ4v) is 3.79. The molecule has 4 aliphatic rings. The highest BCUT2D eigenvalue weighted by Crippen LogP contribution is 2.53. The molecule has 3 aliphatic carbocycles. The monoisotopic (exact) mass is 278 g/mol. The quantitative estimate of drug-likeness (QED) is 0.684. The number of ether oxygens (including phenoxy) is 2. The van der Waals surface area contributed by atoms with Crippen molar-refractivity contribution in [3.8, 4) is 12.1 Å². The van der Waals surface area contributed by atoms with Gasteiger partial charge in [0, 0.05) is 11.8 Å². The smallest absolute Gasteiger partial charge is 0.163 e. The molecule has 4 heteroatoms. The van der Waals surface area contributed by atoms with Crippen molar-refractivity contribution in [1.82, 2.24) is 0 Å². The van der Waals surface area contributed by atoms with Crippen molar-refractivity contribution in [1.29, 1.82) is 10.5 Å². The van der Waals surface area contributed by atoms with E-state index < -0.39 is 5.79 Å². The maximum atomic E-state index is 9.22. The molecule has 0 radical (unpaired) electrons. The molecular formula is C17H14N2O2. The second kappa shape index (κ2) is 3.95. The Morgan fingerprint density at radius 3 is 1.71 bits per heavy atom. The minimum absolute atomic E-state index is 0.0121. The first-order chi connectivity index (χ1) is 10.0. The average Bonchev–Trinajstić information content (AvgIpc) is 2.81. The van der Waals surface area contributed by atoms with E-state index in [1.165, 1.54) is 0 Å². The topological polar surface area (TPSA) is 66.0 Å². The molecule has 5 rings (SSSR count). The van der Waals surface area contributed by atoms with E-state index in [-0.39, 0.29) is 24.0 Å². The summed E-state index contributed by atoms with van der Waals surface area (Å²) < 4.78 is 12.1. The van der Waals surface area contributed by atoms with E-state index in [4.69, 9.17) is 9.47 Å². The number of rotatable bonds is 0. The molecule has 0 amide bonds. The van der Waals surface area contributed by atoms with E-state index in [0.29, 0.717) is 11.1 Å². The van der Waals surface area contributed by atoms with Gasteiger partial charge in [-0.25, -0.2) is 0 Å². The fraction of sp³-hybridized carbons (Fsp3) is 0.412. The van der Waals surface area contributed by atoms with Gasteiger partial charge in [-0.05, 0) is 37.1 Å². The van der Waals surface area contributed by atoms with Gasteiger partial charge in [-0.15, -0.1) is 0 Å². The van der Waals surface area contributed by atoms with Crippen LogP contribution in [0.4, 0.5) is 0 Å². The summed E-state index contributed by atoms with van der Waals surface area (Å²) >= 11 is 0. The Labute approximate surface area is 123 Å². The average molecular weight is 278 g/mol. The second-order valence-corrected chi connectivity index (χ2v) is 6.25. The lowest BCUT2D eigenvalue weighted by molar-refractivity contribution is -0.146. The van der Waals surface area contributed by atoms with Gasteiger partial charge in [-0.2, -0.15) is 10.5 Å². The van der Waals surface area contributed by atoms with Crippen LogP contribution in [0.3, 0.4) is 0 Å². The number of hydrogen-bond donors (Lipinski definition) is 0. The normalized spacial score (nSPS) is 33.9. The van der Waals surface area contributed by atoms with Crippen molar-refractivity contribution >= 4 is 0 Å². The molecule has 1 heterocycles. The summed E-state index contributed by atoms with van der Waals surface area (Å²) in [5.41, 5.74) is 3.07. The van der Waals surface area contributed by atoms with E-state index in [2.05, 4.69) is 24.3 Å². The maximum Gasteiger partial charge on any atom is 0.163 e. The molecule has 1 saturated heterocycles. The van der Waals surface area contributed by atoms with Crippen LogP contribution in [-0.2, 0) is 9.47 Å². The summed E-state index contributed by atoms with van der Waals surface area (Å²) in [4.78, 5) is 0. The summed E-state index contributed by atoms with van der Waals surface area (Å²) in [7, 11) is 0. The lowest BCUT2D eigenvalue weighted by Crippen LogP contribution is -2.41. The molecule has 1 aromatic carbocycles. The molecule has 0 aromatic heterocycles. The number of nitriles is 2. The molecule has 104 valence electrons. The van der Waals surface area contributed by atoms with Crippen LogP contribution in [0.1, 0.15) is 47.9 Å². The van der Waals surface area contributed by atoms with Gasteiger partial charge >= 0.3 is 0 Å². The zero-order chi connectivity index (χ0) is 14.8. The Bertz CT molecular complexity index is 690. The van der Waals surface area contributed by atoms with Crippen molar-refractivity contribution in [2.24, 2.45) is 0 Å². The predicted molar refractivity (Wildman–Crippen MR) is 74.3 cm³/mol.